The number of nitro groups is 1. The highest BCUT2D eigenvalue weighted by atomic mass is 32.2. The molecular weight excluding hydrogens is 246 g/mol. The number of benzene rings is 1. The van der Waals surface area contributed by atoms with Gasteiger partial charge in [-0.1, -0.05) is 6.08 Å². The van der Waals surface area contributed by atoms with Crippen LogP contribution in [0.5, 0.6) is 0 Å². The van der Waals surface area contributed by atoms with Crippen LogP contribution in [0.3, 0.4) is 0 Å². The van der Waals surface area contributed by atoms with Crippen LogP contribution in [0.2, 0.25) is 0 Å². The zero-order valence-electron chi connectivity index (χ0n) is 8.90. The van der Waals surface area contributed by atoms with Crippen LogP contribution in [-0.2, 0) is 20.9 Å². The van der Waals surface area contributed by atoms with E-state index in [1.165, 1.54) is 30.3 Å². The van der Waals surface area contributed by atoms with E-state index < -0.39 is 15.0 Å². The Balaban J connectivity index is 2.64. The summed E-state index contributed by atoms with van der Waals surface area (Å²) in [7, 11) is -3.61. The van der Waals surface area contributed by atoms with Crippen LogP contribution in [0.15, 0.2) is 36.9 Å². The molecule has 0 spiro atoms. The van der Waals surface area contributed by atoms with Crippen molar-refractivity contribution in [3.05, 3.63) is 52.6 Å². The number of hydrogen-bond donors (Lipinski definition) is 0. The van der Waals surface area contributed by atoms with Gasteiger partial charge in [-0.05, 0) is 17.7 Å². The maximum atomic E-state index is 11.2. The Hall–Kier alpha value is -1.73. The van der Waals surface area contributed by atoms with E-state index in [0.29, 0.717) is 5.56 Å². The summed E-state index contributed by atoms with van der Waals surface area (Å²) in [6.07, 6.45) is 1.23. The second-order valence-electron chi connectivity index (χ2n) is 3.20. The molecular formula is C10H11NO5S. The van der Waals surface area contributed by atoms with Gasteiger partial charge in [0.2, 0.25) is 0 Å². The molecule has 0 aromatic heterocycles. The first-order valence-corrected chi connectivity index (χ1v) is 6.23. The van der Waals surface area contributed by atoms with Gasteiger partial charge in [0, 0.05) is 12.1 Å². The van der Waals surface area contributed by atoms with Crippen LogP contribution in [-0.4, -0.2) is 19.1 Å². The van der Waals surface area contributed by atoms with Gasteiger partial charge < -0.3 is 0 Å². The highest BCUT2D eigenvalue weighted by Gasteiger charge is 2.09. The van der Waals surface area contributed by atoms with Crippen LogP contribution < -0.4 is 0 Å². The van der Waals surface area contributed by atoms with Gasteiger partial charge in [-0.3, -0.25) is 14.3 Å². The summed E-state index contributed by atoms with van der Waals surface area (Å²) in [6, 6.07) is 5.47. The molecule has 0 bridgehead atoms. The molecule has 0 N–H and O–H groups in total. The third-order valence-corrected chi connectivity index (χ3v) is 3.00. The largest absolute Gasteiger partial charge is 0.271 e. The summed E-state index contributed by atoms with van der Waals surface area (Å²) in [5, 5.41) is 10.4. The molecule has 0 saturated heterocycles. The van der Waals surface area contributed by atoms with Crippen molar-refractivity contribution in [2.24, 2.45) is 0 Å². The molecule has 0 atom stereocenters. The summed E-state index contributed by atoms with van der Waals surface area (Å²) in [6.45, 7) is 3.15. The van der Waals surface area contributed by atoms with Crippen molar-refractivity contribution in [2.45, 2.75) is 6.61 Å². The van der Waals surface area contributed by atoms with Gasteiger partial charge in [-0.25, -0.2) is 0 Å². The van der Waals surface area contributed by atoms with Gasteiger partial charge in [0.25, 0.3) is 15.8 Å². The fraction of sp³-hybridized carbons (Fsp3) is 0.200. The van der Waals surface area contributed by atoms with Crippen LogP contribution >= 0.6 is 0 Å². The van der Waals surface area contributed by atoms with E-state index in [-0.39, 0.29) is 18.0 Å². The molecule has 1 rings (SSSR count). The van der Waals surface area contributed by atoms with E-state index in [1.807, 2.05) is 0 Å². The van der Waals surface area contributed by atoms with E-state index in [2.05, 4.69) is 10.8 Å². The van der Waals surface area contributed by atoms with Crippen molar-refractivity contribution in [3.63, 3.8) is 0 Å². The standard InChI is InChI=1S/C10H11NO5S/c1-2-7-17(14,15)16-8-9-3-5-10(6-4-9)11(12)13/h2-6H,1,7-8H2. The Morgan fingerprint density at radius 3 is 2.41 bits per heavy atom. The number of hydrogen-bond acceptors (Lipinski definition) is 5. The lowest BCUT2D eigenvalue weighted by Gasteiger charge is -2.03. The Kier molecular flexibility index (Phi) is 4.36. The predicted octanol–water partition coefficient (Wildman–Crippen LogP) is 1.63. The molecule has 1 aromatic rings. The quantitative estimate of drug-likeness (QED) is 0.334. The third-order valence-electron chi connectivity index (χ3n) is 1.87. The predicted molar refractivity (Wildman–Crippen MR) is 61.9 cm³/mol. The average Bonchev–Trinajstić information content (AvgIpc) is 2.27. The fourth-order valence-electron chi connectivity index (χ4n) is 1.06. The number of nitrogens with zero attached hydrogens (tertiary/aromatic N) is 1. The van der Waals surface area contributed by atoms with Gasteiger partial charge in [0.1, 0.15) is 0 Å². The van der Waals surface area contributed by atoms with E-state index >= 15 is 0 Å². The van der Waals surface area contributed by atoms with E-state index in [9.17, 15) is 18.5 Å². The van der Waals surface area contributed by atoms with Crippen LogP contribution in [0.25, 0.3) is 0 Å². The summed E-state index contributed by atoms with van der Waals surface area (Å²) in [5.41, 5.74) is 0.492. The van der Waals surface area contributed by atoms with Gasteiger partial charge in [0.05, 0.1) is 17.3 Å². The van der Waals surface area contributed by atoms with Crippen molar-refractivity contribution in [1.82, 2.24) is 0 Å². The zero-order valence-corrected chi connectivity index (χ0v) is 9.72. The molecule has 0 aliphatic carbocycles. The first-order chi connectivity index (χ1) is 7.94. The Morgan fingerprint density at radius 2 is 1.94 bits per heavy atom. The van der Waals surface area contributed by atoms with E-state index in [1.54, 1.807) is 0 Å². The normalized spacial score (nSPS) is 11.1. The van der Waals surface area contributed by atoms with Crippen LogP contribution in [0.4, 0.5) is 5.69 Å². The maximum absolute atomic E-state index is 11.2. The number of non-ortho nitro benzene ring substituents is 1. The summed E-state index contributed by atoms with van der Waals surface area (Å²) in [5.74, 6) is -0.264. The van der Waals surface area contributed by atoms with Crippen LogP contribution in [0.1, 0.15) is 5.56 Å². The third kappa shape index (κ3) is 4.33. The molecule has 0 unspecified atom stereocenters. The smallest absolute Gasteiger partial charge is 0.265 e. The van der Waals surface area contributed by atoms with Crippen molar-refractivity contribution in [3.8, 4) is 0 Å². The minimum atomic E-state index is -3.61. The molecule has 0 aliphatic heterocycles. The van der Waals surface area contributed by atoms with Crippen molar-refractivity contribution < 1.29 is 17.5 Å². The monoisotopic (exact) mass is 257 g/mol. The Morgan fingerprint density at radius 1 is 1.35 bits per heavy atom. The second kappa shape index (κ2) is 5.55. The minimum absolute atomic E-state index is 0.0531. The van der Waals surface area contributed by atoms with Gasteiger partial charge >= 0.3 is 0 Å². The zero-order chi connectivity index (χ0) is 12.9. The number of nitro benzene ring substituents is 1. The summed E-state index contributed by atoms with van der Waals surface area (Å²) >= 11 is 0. The molecule has 7 heteroatoms. The highest BCUT2D eigenvalue weighted by molar-refractivity contribution is 7.86. The van der Waals surface area contributed by atoms with Crippen molar-refractivity contribution >= 4 is 15.8 Å². The second-order valence-corrected chi connectivity index (χ2v) is 4.88. The first kappa shape index (κ1) is 13.3. The lowest BCUT2D eigenvalue weighted by molar-refractivity contribution is -0.384. The molecule has 0 fully saturated rings. The lowest BCUT2D eigenvalue weighted by Crippen LogP contribution is -2.08. The average molecular weight is 257 g/mol. The first-order valence-electron chi connectivity index (χ1n) is 4.66. The fourth-order valence-corrected chi connectivity index (χ4v) is 1.76. The highest BCUT2D eigenvalue weighted by Crippen LogP contribution is 2.13. The molecule has 0 aliphatic rings. The molecule has 0 amide bonds. The Bertz CT molecular complexity index is 506. The minimum Gasteiger partial charge on any atom is -0.265 e. The van der Waals surface area contributed by atoms with Crippen molar-refractivity contribution in [1.29, 1.82) is 0 Å². The maximum Gasteiger partial charge on any atom is 0.271 e. The summed E-state index contributed by atoms with van der Waals surface area (Å²) in [4.78, 5) is 9.85. The lowest BCUT2D eigenvalue weighted by atomic mass is 10.2. The number of rotatable bonds is 6. The van der Waals surface area contributed by atoms with Crippen LogP contribution in [0, 0.1) is 10.1 Å². The molecule has 0 saturated carbocycles. The Labute approximate surface area is 98.8 Å². The topological polar surface area (TPSA) is 86.5 Å². The van der Waals surface area contributed by atoms with E-state index in [0.717, 1.165) is 0 Å². The molecule has 92 valence electrons. The molecule has 1 aromatic carbocycles. The molecule has 0 radical (unpaired) electrons. The van der Waals surface area contributed by atoms with Gasteiger partial charge in [-0.2, -0.15) is 8.42 Å². The summed E-state index contributed by atoms with van der Waals surface area (Å²) < 4.78 is 27.0. The molecule has 6 nitrogen and oxygen atoms in total. The van der Waals surface area contributed by atoms with Gasteiger partial charge in [0.15, 0.2) is 0 Å². The molecule has 17 heavy (non-hydrogen) atoms. The molecule has 0 heterocycles. The van der Waals surface area contributed by atoms with E-state index in [4.69, 9.17) is 0 Å². The van der Waals surface area contributed by atoms with Gasteiger partial charge in [-0.15, -0.1) is 6.58 Å². The SMILES string of the molecule is C=CCS(=O)(=O)OCc1ccc([N+](=O)[O-])cc1. The van der Waals surface area contributed by atoms with Crippen molar-refractivity contribution in [2.75, 3.05) is 5.75 Å².